The lowest BCUT2D eigenvalue weighted by Crippen LogP contribution is -2.18. The summed E-state index contributed by atoms with van der Waals surface area (Å²) < 4.78 is 7.20. The van der Waals surface area contributed by atoms with Crippen LogP contribution in [0.15, 0.2) is 23.1 Å². The molecule has 1 unspecified atom stereocenters. The van der Waals surface area contributed by atoms with Gasteiger partial charge in [0.2, 0.25) is 0 Å². The monoisotopic (exact) mass is 248 g/mol. The quantitative estimate of drug-likeness (QED) is 0.879. The van der Waals surface area contributed by atoms with Gasteiger partial charge in [0.05, 0.1) is 6.26 Å². The molecule has 1 atom stereocenters. The van der Waals surface area contributed by atoms with Crippen molar-refractivity contribution in [3.8, 4) is 0 Å². The molecule has 2 aromatic heterocycles. The van der Waals surface area contributed by atoms with Gasteiger partial charge in [0.25, 0.3) is 0 Å². The number of nitrogens with zero attached hydrogens (tertiary/aromatic N) is 3. The Morgan fingerprint density at radius 3 is 2.83 bits per heavy atom. The van der Waals surface area contributed by atoms with E-state index in [9.17, 15) is 0 Å². The average molecular weight is 248 g/mol. The zero-order valence-electron chi connectivity index (χ0n) is 11.1. The Morgan fingerprint density at radius 2 is 2.22 bits per heavy atom. The van der Waals surface area contributed by atoms with E-state index in [1.54, 1.807) is 12.6 Å². The maximum atomic E-state index is 6.16. The molecule has 0 fully saturated rings. The van der Waals surface area contributed by atoms with Crippen LogP contribution in [-0.4, -0.2) is 14.8 Å². The second-order valence-corrected chi connectivity index (χ2v) is 5.05. The smallest absolute Gasteiger partial charge is 0.138 e. The molecule has 5 heteroatoms. The van der Waals surface area contributed by atoms with Gasteiger partial charge in [-0.15, -0.1) is 0 Å². The van der Waals surface area contributed by atoms with E-state index in [-0.39, 0.29) is 6.04 Å². The van der Waals surface area contributed by atoms with E-state index in [4.69, 9.17) is 10.2 Å². The average Bonchev–Trinajstić information content (AvgIpc) is 2.88. The third-order valence-electron chi connectivity index (χ3n) is 2.82. The normalized spacial score (nSPS) is 13.2. The maximum absolute atomic E-state index is 6.16. The van der Waals surface area contributed by atoms with E-state index in [0.29, 0.717) is 12.3 Å². The van der Waals surface area contributed by atoms with Crippen molar-refractivity contribution in [2.24, 2.45) is 11.7 Å². The Kier molecular flexibility index (Phi) is 3.81. The first kappa shape index (κ1) is 12.8. The van der Waals surface area contributed by atoms with Gasteiger partial charge in [0.1, 0.15) is 17.9 Å². The Hall–Kier alpha value is -1.62. The molecule has 0 aliphatic rings. The molecule has 18 heavy (non-hydrogen) atoms. The Bertz CT molecular complexity index is 501. The minimum absolute atomic E-state index is 0.0995. The topological polar surface area (TPSA) is 69.9 Å². The van der Waals surface area contributed by atoms with Crippen LogP contribution in [0.5, 0.6) is 0 Å². The van der Waals surface area contributed by atoms with Crippen molar-refractivity contribution in [3.63, 3.8) is 0 Å². The number of aromatic nitrogens is 3. The number of rotatable bonds is 5. The maximum Gasteiger partial charge on any atom is 0.138 e. The van der Waals surface area contributed by atoms with Crippen molar-refractivity contribution in [2.45, 2.75) is 39.8 Å². The van der Waals surface area contributed by atoms with Gasteiger partial charge >= 0.3 is 0 Å². The molecule has 0 saturated heterocycles. The SMILES string of the molecule is Cc1cc(C(N)Cc2ncnn2CC(C)C)co1. The lowest BCUT2D eigenvalue weighted by molar-refractivity contribution is 0.458. The van der Waals surface area contributed by atoms with Gasteiger partial charge in [-0.25, -0.2) is 9.67 Å². The molecule has 0 aliphatic carbocycles. The molecule has 2 rings (SSSR count). The van der Waals surface area contributed by atoms with Gasteiger partial charge < -0.3 is 10.2 Å². The summed E-state index contributed by atoms with van der Waals surface area (Å²) in [7, 11) is 0. The van der Waals surface area contributed by atoms with Crippen LogP contribution >= 0.6 is 0 Å². The molecule has 98 valence electrons. The largest absolute Gasteiger partial charge is 0.469 e. The molecule has 0 amide bonds. The molecule has 0 saturated carbocycles. The van der Waals surface area contributed by atoms with Gasteiger partial charge in [-0.2, -0.15) is 5.10 Å². The summed E-state index contributed by atoms with van der Waals surface area (Å²) in [5.41, 5.74) is 7.16. The predicted molar refractivity (Wildman–Crippen MR) is 68.9 cm³/mol. The third-order valence-corrected chi connectivity index (χ3v) is 2.82. The van der Waals surface area contributed by atoms with Gasteiger partial charge in [0, 0.05) is 24.6 Å². The summed E-state index contributed by atoms with van der Waals surface area (Å²) in [5, 5.41) is 4.23. The van der Waals surface area contributed by atoms with Gasteiger partial charge in [-0.1, -0.05) is 13.8 Å². The molecular weight excluding hydrogens is 228 g/mol. The molecule has 0 radical (unpaired) electrons. The minimum atomic E-state index is -0.0995. The van der Waals surface area contributed by atoms with Crippen molar-refractivity contribution >= 4 is 0 Å². The lowest BCUT2D eigenvalue weighted by atomic mass is 10.1. The van der Waals surface area contributed by atoms with E-state index in [1.165, 1.54) is 0 Å². The fourth-order valence-corrected chi connectivity index (χ4v) is 1.92. The van der Waals surface area contributed by atoms with Gasteiger partial charge in [-0.3, -0.25) is 0 Å². The lowest BCUT2D eigenvalue weighted by Gasteiger charge is -2.11. The summed E-state index contributed by atoms with van der Waals surface area (Å²) in [6.45, 7) is 7.10. The molecule has 0 aromatic carbocycles. The highest BCUT2D eigenvalue weighted by Gasteiger charge is 2.14. The second-order valence-electron chi connectivity index (χ2n) is 5.05. The van der Waals surface area contributed by atoms with E-state index < -0.39 is 0 Å². The third kappa shape index (κ3) is 2.98. The molecule has 0 bridgehead atoms. The number of hydrogen-bond acceptors (Lipinski definition) is 4. The van der Waals surface area contributed by atoms with Crippen molar-refractivity contribution in [1.82, 2.24) is 14.8 Å². The Labute approximate surface area is 107 Å². The fourth-order valence-electron chi connectivity index (χ4n) is 1.92. The van der Waals surface area contributed by atoms with Crippen molar-refractivity contribution < 1.29 is 4.42 Å². The Morgan fingerprint density at radius 1 is 1.44 bits per heavy atom. The van der Waals surface area contributed by atoms with E-state index in [2.05, 4.69) is 23.9 Å². The summed E-state index contributed by atoms with van der Waals surface area (Å²) in [5.74, 6) is 2.34. The first-order valence-corrected chi connectivity index (χ1v) is 6.23. The molecule has 2 aromatic rings. The van der Waals surface area contributed by atoms with E-state index in [0.717, 1.165) is 23.7 Å². The summed E-state index contributed by atoms with van der Waals surface area (Å²) >= 11 is 0. The molecule has 2 N–H and O–H groups in total. The number of hydrogen-bond donors (Lipinski definition) is 1. The van der Waals surface area contributed by atoms with Crippen molar-refractivity contribution in [2.75, 3.05) is 0 Å². The zero-order valence-corrected chi connectivity index (χ0v) is 11.1. The number of aryl methyl sites for hydroxylation is 1. The number of nitrogens with two attached hydrogens (primary N) is 1. The van der Waals surface area contributed by atoms with E-state index in [1.807, 2.05) is 17.7 Å². The molecule has 0 spiro atoms. The molecule has 0 aliphatic heterocycles. The van der Waals surface area contributed by atoms with Crippen LogP contribution in [0.25, 0.3) is 0 Å². The summed E-state index contributed by atoms with van der Waals surface area (Å²) in [4.78, 5) is 4.28. The Balaban J connectivity index is 2.07. The highest BCUT2D eigenvalue weighted by molar-refractivity contribution is 5.17. The highest BCUT2D eigenvalue weighted by atomic mass is 16.3. The standard InChI is InChI=1S/C13H20N4O/c1-9(2)6-17-13(15-8-16-17)5-12(14)11-4-10(3)18-7-11/h4,7-9,12H,5-6,14H2,1-3H3. The van der Waals surface area contributed by atoms with Crippen LogP contribution in [-0.2, 0) is 13.0 Å². The van der Waals surface area contributed by atoms with Crippen molar-refractivity contribution in [1.29, 1.82) is 0 Å². The van der Waals surface area contributed by atoms with Crippen LogP contribution in [0.2, 0.25) is 0 Å². The predicted octanol–water partition coefficient (Wildman–Crippen LogP) is 2.08. The first-order chi connectivity index (χ1) is 8.56. The minimum Gasteiger partial charge on any atom is -0.469 e. The van der Waals surface area contributed by atoms with Crippen LogP contribution in [0.1, 0.15) is 37.0 Å². The van der Waals surface area contributed by atoms with Crippen LogP contribution in [0.4, 0.5) is 0 Å². The summed E-state index contributed by atoms with van der Waals surface area (Å²) in [6.07, 6.45) is 3.97. The van der Waals surface area contributed by atoms with E-state index >= 15 is 0 Å². The van der Waals surface area contributed by atoms with Crippen LogP contribution in [0, 0.1) is 12.8 Å². The number of furan rings is 1. The summed E-state index contributed by atoms with van der Waals surface area (Å²) in [6, 6.07) is 1.87. The van der Waals surface area contributed by atoms with Crippen molar-refractivity contribution in [3.05, 3.63) is 35.8 Å². The fraction of sp³-hybridized carbons (Fsp3) is 0.538. The molecular formula is C13H20N4O. The molecule has 2 heterocycles. The van der Waals surface area contributed by atoms with Crippen LogP contribution < -0.4 is 5.73 Å². The zero-order chi connectivity index (χ0) is 13.1. The first-order valence-electron chi connectivity index (χ1n) is 6.23. The van der Waals surface area contributed by atoms with Crippen LogP contribution in [0.3, 0.4) is 0 Å². The molecule has 5 nitrogen and oxygen atoms in total. The second kappa shape index (κ2) is 5.35. The van der Waals surface area contributed by atoms with Gasteiger partial charge in [0.15, 0.2) is 0 Å². The van der Waals surface area contributed by atoms with Gasteiger partial charge in [-0.05, 0) is 18.9 Å². The highest BCUT2D eigenvalue weighted by Crippen LogP contribution is 2.17.